The van der Waals surface area contributed by atoms with Crippen molar-refractivity contribution in [2.24, 2.45) is 0 Å². The number of hydrogen-bond acceptors (Lipinski definition) is 4. The van der Waals surface area contributed by atoms with Crippen LogP contribution in [0.5, 0.6) is 0 Å². The highest BCUT2D eigenvalue weighted by atomic mass is 28.4. The summed E-state index contributed by atoms with van der Waals surface area (Å²) in [5, 5.41) is 0. The summed E-state index contributed by atoms with van der Waals surface area (Å²) in [6.45, 7) is 17.5. The highest BCUT2D eigenvalue weighted by molar-refractivity contribution is 6.66. The van der Waals surface area contributed by atoms with Crippen LogP contribution in [-0.2, 0) is 8.85 Å². The molecule has 1 saturated heterocycles. The first-order valence-electron chi connectivity index (χ1n) is 8.36. The normalized spacial score (nSPS) is 18.6. The van der Waals surface area contributed by atoms with E-state index in [4.69, 9.17) is 8.85 Å². The molecule has 0 aromatic carbocycles. The van der Waals surface area contributed by atoms with Crippen molar-refractivity contribution in [3.05, 3.63) is 0 Å². The number of nitrogens with zero attached hydrogens (tertiary/aromatic N) is 2. The first-order valence-corrected chi connectivity index (χ1v) is 10.9. The first kappa shape index (κ1) is 18.1. The zero-order chi connectivity index (χ0) is 14.8. The molecular weight excluding hydrogens is 268 g/mol. The topological polar surface area (TPSA) is 24.9 Å². The predicted molar refractivity (Wildman–Crippen MR) is 87.5 cm³/mol. The second kappa shape index (κ2) is 9.90. The molecule has 0 unspecified atom stereocenters. The Hall–Kier alpha value is 0.0569. The quantitative estimate of drug-likeness (QED) is 0.579. The van der Waals surface area contributed by atoms with E-state index >= 15 is 0 Å². The minimum Gasteiger partial charge on any atom is -0.395 e. The van der Waals surface area contributed by atoms with E-state index in [0.29, 0.717) is 0 Å². The van der Waals surface area contributed by atoms with Crippen molar-refractivity contribution in [1.82, 2.24) is 9.80 Å². The van der Waals surface area contributed by atoms with E-state index in [9.17, 15) is 0 Å². The lowest BCUT2D eigenvalue weighted by atomic mass is 10.3. The van der Waals surface area contributed by atoms with Crippen LogP contribution in [0.1, 0.15) is 33.6 Å². The van der Waals surface area contributed by atoms with Crippen LogP contribution in [0.4, 0.5) is 0 Å². The Bertz CT molecular complexity index is 240. The SMILES string of the molecule is CCCN1CCN(CCC[Si](C)(OCC)OCC)CC1. The summed E-state index contributed by atoms with van der Waals surface area (Å²) in [4.78, 5) is 5.18. The Morgan fingerprint density at radius 2 is 1.35 bits per heavy atom. The van der Waals surface area contributed by atoms with Gasteiger partial charge in [0, 0.05) is 39.4 Å². The van der Waals surface area contributed by atoms with Gasteiger partial charge in [0.25, 0.3) is 0 Å². The molecule has 4 nitrogen and oxygen atoms in total. The van der Waals surface area contributed by atoms with Gasteiger partial charge in [0.05, 0.1) is 0 Å². The molecule has 0 aliphatic carbocycles. The fourth-order valence-corrected chi connectivity index (χ4v) is 5.37. The Morgan fingerprint density at radius 3 is 1.80 bits per heavy atom. The summed E-state index contributed by atoms with van der Waals surface area (Å²) >= 11 is 0. The third-order valence-electron chi connectivity index (χ3n) is 4.01. The van der Waals surface area contributed by atoms with Gasteiger partial charge < -0.3 is 18.7 Å². The smallest absolute Gasteiger partial charge is 0.334 e. The fourth-order valence-electron chi connectivity index (χ4n) is 2.97. The van der Waals surface area contributed by atoms with Crippen molar-refractivity contribution in [3.8, 4) is 0 Å². The summed E-state index contributed by atoms with van der Waals surface area (Å²) in [7, 11) is -1.90. The van der Waals surface area contributed by atoms with E-state index in [0.717, 1.165) is 19.3 Å². The minimum absolute atomic E-state index is 0.776. The van der Waals surface area contributed by atoms with E-state index in [1.165, 1.54) is 52.1 Å². The molecule has 0 bridgehead atoms. The van der Waals surface area contributed by atoms with Crippen LogP contribution < -0.4 is 0 Å². The number of piperazine rings is 1. The molecule has 20 heavy (non-hydrogen) atoms. The number of hydrogen-bond donors (Lipinski definition) is 0. The molecule has 1 rings (SSSR count). The fraction of sp³-hybridized carbons (Fsp3) is 1.00. The largest absolute Gasteiger partial charge is 0.395 e. The predicted octanol–water partition coefficient (Wildman–Crippen LogP) is 2.55. The third-order valence-corrected chi connectivity index (χ3v) is 7.07. The maximum Gasteiger partial charge on any atom is 0.334 e. The van der Waals surface area contributed by atoms with Crippen molar-refractivity contribution >= 4 is 8.56 Å². The molecule has 0 aromatic rings. The van der Waals surface area contributed by atoms with Crippen LogP contribution in [-0.4, -0.2) is 70.8 Å². The van der Waals surface area contributed by atoms with E-state index in [1.807, 2.05) is 0 Å². The van der Waals surface area contributed by atoms with Gasteiger partial charge in [0.15, 0.2) is 0 Å². The second-order valence-electron chi connectivity index (χ2n) is 5.79. The molecule has 0 aromatic heterocycles. The average Bonchev–Trinajstić information content (AvgIpc) is 2.41. The third kappa shape index (κ3) is 6.67. The van der Waals surface area contributed by atoms with Crippen LogP contribution in [0.25, 0.3) is 0 Å². The Morgan fingerprint density at radius 1 is 0.850 bits per heavy atom. The number of rotatable bonds is 10. The van der Waals surface area contributed by atoms with Gasteiger partial charge in [0.2, 0.25) is 0 Å². The van der Waals surface area contributed by atoms with Crippen LogP contribution in [0.3, 0.4) is 0 Å². The van der Waals surface area contributed by atoms with Gasteiger partial charge in [-0.3, -0.25) is 0 Å². The molecule has 0 amide bonds. The minimum atomic E-state index is -1.90. The van der Waals surface area contributed by atoms with Gasteiger partial charge in [0.1, 0.15) is 0 Å². The van der Waals surface area contributed by atoms with Gasteiger partial charge >= 0.3 is 8.56 Å². The lowest BCUT2D eigenvalue weighted by molar-refractivity contribution is 0.130. The molecule has 1 aliphatic heterocycles. The molecular formula is C15H34N2O2Si. The van der Waals surface area contributed by atoms with Crippen molar-refractivity contribution in [3.63, 3.8) is 0 Å². The summed E-state index contributed by atoms with van der Waals surface area (Å²) in [6.07, 6.45) is 2.48. The van der Waals surface area contributed by atoms with E-state index in [-0.39, 0.29) is 0 Å². The molecule has 0 saturated carbocycles. The van der Waals surface area contributed by atoms with Gasteiger partial charge in [-0.25, -0.2) is 0 Å². The molecule has 1 fully saturated rings. The Labute approximate surface area is 126 Å². The average molecular weight is 303 g/mol. The lowest BCUT2D eigenvalue weighted by Gasteiger charge is -2.35. The van der Waals surface area contributed by atoms with Gasteiger partial charge in [-0.1, -0.05) is 6.92 Å². The van der Waals surface area contributed by atoms with Crippen LogP contribution in [0.15, 0.2) is 0 Å². The summed E-state index contributed by atoms with van der Waals surface area (Å²) in [6, 6.07) is 1.11. The van der Waals surface area contributed by atoms with Crippen LogP contribution in [0, 0.1) is 0 Å². The van der Waals surface area contributed by atoms with Gasteiger partial charge in [-0.2, -0.15) is 0 Å². The lowest BCUT2D eigenvalue weighted by Crippen LogP contribution is -2.47. The van der Waals surface area contributed by atoms with Gasteiger partial charge in [-0.05, 0) is 52.4 Å². The van der Waals surface area contributed by atoms with Crippen molar-refractivity contribution in [1.29, 1.82) is 0 Å². The summed E-state index contributed by atoms with van der Waals surface area (Å²) in [5.41, 5.74) is 0. The summed E-state index contributed by atoms with van der Waals surface area (Å²) in [5.74, 6) is 0. The van der Waals surface area contributed by atoms with Crippen LogP contribution in [0.2, 0.25) is 12.6 Å². The first-order chi connectivity index (χ1) is 9.63. The monoisotopic (exact) mass is 302 g/mol. The highest BCUT2D eigenvalue weighted by Gasteiger charge is 2.30. The van der Waals surface area contributed by atoms with Crippen molar-refractivity contribution < 1.29 is 8.85 Å². The molecule has 0 N–H and O–H groups in total. The van der Waals surface area contributed by atoms with Gasteiger partial charge in [-0.15, -0.1) is 0 Å². The van der Waals surface area contributed by atoms with Crippen LogP contribution >= 0.6 is 0 Å². The zero-order valence-electron chi connectivity index (χ0n) is 14.0. The zero-order valence-corrected chi connectivity index (χ0v) is 15.0. The maximum atomic E-state index is 5.90. The summed E-state index contributed by atoms with van der Waals surface area (Å²) < 4.78 is 11.8. The Kier molecular flexibility index (Phi) is 8.96. The maximum absolute atomic E-state index is 5.90. The van der Waals surface area contributed by atoms with E-state index < -0.39 is 8.56 Å². The molecule has 0 atom stereocenters. The molecule has 1 heterocycles. The molecule has 0 radical (unpaired) electrons. The standard InChI is InChI=1S/C15H34N2O2Si/c1-5-9-16-11-13-17(14-12-16)10-8-15-20(4,18-6-2)19-7-3/h5-15H2,1-4H3. The van der Waals surface area contributed by atoms with Crippen molar-refractivity contribution in [2.75, 3.05) is 52.5 Å². The van der Waals surface area contributed by atoms with E-state index in [1.54, 1.807) is 0 Å². The molecule has 120 valence electrons. The second-order valence-corrected chi connectivity index (χ2v) is 9.13. The van der Waals surface area contributed by atoms with Crippen molar-refractivity contribution in [2.45, 2.75) is 46.2 Å². The molecule has 0 spiro atoms. The van der Waals surface area contributed by atoms with E-state index in [2.05, 4.69) is 37.1 Å². The molecule has 5 heteroatoms. The molecule has 1 aliphatic rings. The Balaban J connectivity index is 2.20. The highest BCUT2D eigenvalue weighted by Crippen LogP contribution is 2.16.